The first-order chi connectivity index (χ1) is 12.9. The van der Waals surface area contributed by atoms with Gasteiger partial charge < -0.3 is 15.0 Å². The molecule has 0 spiro atoms. The van der Waals surface area contributed by atoms with Crippen LogP contribution in [0.15, 0.2) is 24.3 Å². The second-order valence-corrected chi connectivity index (χ2v) is 7.49. The van der Waals surface area contributed by atoms with Crippen LogP contribution >= 0.6 is 22.6 Å². The molecule has 1 fully saturated rings. The molecular weight excluding hydrogens is 468 g/mol. The lowest BCUT2D eigenvalue weighted by atomic mass is 10.2. The minimum atomic E-state index is -0.595. The van der Waals surface area contributed by atoms with Crippen molar-refractivity contribution in [3.05, 3.63) is 44.9 Å². The normalized spacial score (nSPS) is 13.5. The summed E-state index contributed by atoms with van der Waals surface area (Å²) in [5.74, 6) is -0.852. The van der Waals surface area contributed by atoms with E-state index in [4.69, 9.17) is 9.94 Å². The van der Waals surface area contributed by atoms with Crippen LogP contribution in [0.5, 0.6) is 0 Å². The summed E-state index contributed by atoms with van der Waals surface area (Å²) in [5, 5.41) is 11.7. The molecule has 7 nitrogen and oxygen atoms in total. The van der Waals surface area contributed by atoms with Crippen LogP contribution in [0.1, 0.15) is 33.7 Å². The number of aliphatic hydroxyl groups is 1. The lowest BCUT2D eigenvalue weighted by Gasteiger charge is -2.13. The third-order valence-electron chi connectivity index (χ3n) is 4.22. The standard InChI is InChI=1S/C18H19FIN3O4/c1-23-15(16(25)10-2-3-10)9-12(18(26)22-27-7-6-24)17(23)21-14-5-4-11(20)8-13(14)19/h4-5,8-10,21,24H,2-3,6-7H2,1H3,(H,22,26). The Morgan fingerprint density at radius 3 is 2.74 bits per heavy atom. The number of anilines is 2. The van der Waals surface area contributed by atoms with Gasteiger partial charge in [-0.2, -0.15) is 0 Å². The number of ketones is 1. The van der Waals surface area contributed by atoms with E-state index in [9.17, 15) is 14.0 Å². The number of Topliss-reactive ketones (excluding diaryl/α,β-unsaturated/α-hetero) is 1. The average molecular weight is 487 g/mol. The number of carbonyl (C=O) groups is 2. The summed E-state index contributed by atoms with van der Waals surface area (Å²) in [4.78, 5) is 29.9. The Hall–Kier alpha value is -1.98. The van der Waals surface area contributed by atoms with Crippen molar-refractivity contribution in [2.24, 2.45) is 13.0 Å². The monoisotopic (exact) mass is 487 g/mol. The number of aliphatic hydroxyl groups excluding tert-OH is 1. The number of nitrogens with one attached hydrogen (secondary N) is 2. The highest BCUT2D eigenvalue weighted by atomic mass is 127. The van der Waals surface area contributed by atoms with E-state index in [0.717, 1.165) is 16.4 Å². The zero-order valence-electron chi connectivity index (χ0n) is 14.6. The van der Waals surface area contributed by atoms with Gasteiger partial charge in [0.25, 0.3) is 5.91 Å². The maximum absolute atomic E-state index is 14.3. The Bertz CT molecular complexity index is 880. The first-order valence-electron chi connectivity index (χ1n) is 8.41. The topological polar surface area (TPSA) is 92.6 Å². The van der Waals surface area contributed by atoms with Crippen LogP contribution in [-0.2, 0) is 11.9 Å². The number of nitrogens with zero attached hydrogens (tertiary/aromatic N) is 1. The van der Waals surface area contributed by atoms with Gasteiger partial charge in [0.15, 0.2) is 5.78 Å². The zero-order valence-corrected chi connectivity index (χ0v) is 16.7. The zero-order chi connectivity index (χ0) is 19.6. The summed E-state index contributed by atoms with van der Waals surface area (Å²) in [7, 11) is 1.65. The predicted molar refractivity (Wildman–Crippen MR) is 105 cm³/mol. The Kier molecular flexibility index (Phi) is 6.12. The molecule has 1 heterocycles. The van der Waals surface area contributed by atoms with Gasteiger partial charge in [0.1, 0.15) is 11.6 Å². The average Bonchev–Trinajstić information content (AvgIpc) is 3.42. The second-order valence-electron chi connectivity index (χ2n) is 6.24. The molecule has 1 aliphatic carbocycles. The number of aromatic nitrogens is 1. The summed E-state index contributed by atoms with van der Waals surface area (Å²) >= 11 is 2.00. The fraction of sp³-hybridized carbons (Fsp3) is 0.333. The van der Waals surface area contributed by atoms with Crippen molar-refractivity contribution in [2.45, 2.75) is 12.8 Å². The molecule has 9 heteroatoms. The quantitative estimate of drug-likeness (QED) is 0.231. The number of carbonyl (C=O) groups excluding carboxylic acids is 2. The number of benzene rings is 1. The van der Waals surface area contributed by atoms with E-state index in [-0.39, 0.29) is 42.0 Å². The Labute approximate surface area is 169 Å². The van der Waals surface area contributed by atoms with E-state index < -0.39 is 11.7 Å². The summed E-state index contributed by atoms with van der Waals surface area (Å²) in [6.45, 7) is -0.319. The van der Waals surface area contributed by atoms with Crippen molar-refractivity contribution in [3.63, 3.8) is 0 Å². The SMILES string of the molecule is Cn1c(C(=O)C2CC2)cc(C(=O)NOCCO)c1Nc1ccc(I)cc1F. The van der Waals surface area contributed by atoms with Crippen molar-refractivity contribution in [1.82, 2.24) is 10.0 Å². The van der Waals surface area contributed by atoms with Crippen LogP contribution in [0.3, 0.4) is 0 Å². The first-order valence-corrected chi connectivity index (χ1v) is 9.49. The van der Waals surface area contributed by atoms with E-state index in [1.165, 1.54) is 12.1 Å². The Morgan fingerprint density at radius 2 is 2.11 bits per heavy atom. The summed E-state index contributed by atoms with van der Waals surface area (Å²) in [5.41, 5.74) is 2.93. The second kappa shape index (κ2) is 8.36. The molecule has 1 aliphatic rings. The van der Waals surface area contributed by atoms with Crippen LogP contribution in [0.25, 0.3) is 0 Å². The molecule has 3 N–H and O–H groups in total. The molecular formula is C18H19FIN3O4. The van der Waals surface area contributed by atoms with Gasteiger partial charge in [-0.1, -0.05) is 0 Å². The van der Waals surface area contributed by atoms with E-state index in [2.05, 4.69) is 10.8 Å². The van der Waals surface area contributed by atoms with Crippen LogP contribution in [0.4, 0.5) is 15.9 Å². The molecule has 1 amide bonds. The van der Waals surface area contributed by atoms with Gasteiger partial charge in [-0.15, -0.1) is 0 Å². The third-order valence-corrected chi connectivity index (χ3v) is 4.89. The van der Waals surface area contributed by atoms with Crippen molar-refractivity contribution < 1.29 is 23.9 Å². The minimum Gasteiger partial charge on any atom is -0.394 e. The molecule has 1 aromatic carbocycles. The molecule has 0 radical (unpaired) electrons. The molecule has 2 aromatic rings. The van der Waals surface area contributed by atoms with Crippen molar-refractivity contribution in [1.29, 1.82) is 0 Å². The largest absolute Gasteiger partial charge is 0.394 e. The van der Waals surface area contributed by atoms with Crippen molar-refractivity contribution >= 4 is 45.8 Å². The fourth-order valence-corrected chi connectivity index (χ4v) is 3.11. The lowest BCUT2D eigenvalue weighted by molar-refractivity contribution is 0.0169. The molecule has 1 aromatic heterocycles. The Morgan fingerprint density at radius 1 is 1.37 bits per heavy atom. The molecule has 0 unspecified atom stereocenters. The molecule has 0 bridgehead atoms. The fourth-order valence-electron chi connectivity index (χ4n) is 2.65. The summed E-state index contributed by atoms with van der Waals surface area (Å²) in [6.07, 6.45) is 1.67. The van der Waals surface area contributed by atoms with E-state index >= 15 is 0 Å². The Balaban J connectivity index is 1.95. The molecule has 144 valence electrons. The van der Waals surface area contributed by atoms with Gasteiger partial charge in [0, 0.05) is 16.5 Å². The van der Waals surface area contributed by atoms with E-state index in [1.54, 1.807) is 23.7 Å². The molecule has 0 aliphatic heterocycles. The van der Waals surface area contributed by atoms with E-state index in [0.29, 0.717) is 5.69 Å². The maximum atomic E-state index is 14.3. The minimum absolute atomic E-state index is 0.0250. The highest BCUT2D eigenvalue weighted by Gasteiger charge is 2.34. The van der Waals surface area contributed by atoms with Gasteiger partial charge in [0.05, 0.1) is 30.2 Å². The van der Waals surface area contributed by atoms with Gasteiger partial charge in [-0.05, 0) is 59.7 Å². The number of hydroxylamine groups is 1. The highest BCUT2D eigenvalue weighted by Crippen LogP contribution is 2.35. The van der Waals surface area contributed by atoms with Gasteiger partial charge in [-0.3, -0.25) is 14.4 Å². The van der Waals surface area contributed by atoms with Crippen LogP contribution in [-0.4, -0.2) is 34.6 Å². The molecule has 0 atom stereocenters. The van der Waals surface area contributed by atoms with Crippen molar-refractivity contribution in [3.8, 4) is 0 Å². The first kappa shape index (κ1) is 19.8. The molecule has 1 saturated carbocycles. The number of rotatable bonds is 8. The van der Waals surface area contributed by atoms with Crippen molar-refractivity contribution in [2.75, 3.05) is 18.5 Å². The van der Waals surface area contributed by atoms with Gasteiger partial charge >= 0.3 is 0 Å². The van der Waals surface area contributed by atoms with Crippen LogP contribution in [0.2, 0.25) is 0 Å². The van der Waals surface area contributed by atoms with Gasteiger partial charge in [0.2, 0.25) is 0 Å². The number of halogens is 2. The molecule has 27 heavy (non-hydrogen) atoms. The maximum Gasteiger partial charge on any atom is 0.278 e. The highest BCUT2D eigenvalue weighted by molar-refractivity contribution is 14.1. The van der Waals surface area contributed by atoms with Gasteiger partial charge in [-0.25, -0.2) is 9.87 Å². The summed E-state index contributed by atoms with van der Waals surface area (Å²) in [6, 6.07) is 6.14. The number of hydrogen-bond donors (Lipinski definition) is 3. The summed E-state index contributed by atoms with van der Waals surface area (Å²) < 4.78 is 16.5. The molecule has 3 rings (SSSR count). The number of amides is 1. The third kappa shape index (κ3) is 4.47. The van der Waals surface area contributed by atoms with Crippen LogP contribution < -0.4 is 10.8 Å². The van der Waals surface area contributed by atoms with Crippen LogP contribution in [0, 0.1) is 15.3 Å². The molecule has 0 saturated heterocycles. The van der Waals surface area contributed by atoms with E-state index in [1.807, 2.05) is 22.6 Å². The number of hydrogen-bond acceptors (Lipinski definition) is 5. The lowest BCUT2D eigenvalue weighted by Crippen LogP contribution is -2.25. The smallest absolute Gasteiger partial charge is 0.278 e. The predicted octanol–water partition coefficient (Wildman–Crippen LogP) is 2.76.